The standard InChI is InChI=1S/C20H26N2O2.ClH/c1-23-19-9-8-15(10-20(19)24-2)12-22-13-17(11-21)18(14-22)16-6-4-3-5-7-16;/h3-10,17-18H,11-14,21H2,1-2H3;1H/t17-,18+;/m1./s1. The van der Waals surface area contributed by atoms with E-state index in [-0.39, 0.29) is 12.4 Å². The maximum Gasteiger partial charge on any atom is 0.161 e. The third-order valence-electron chi connectivity index (χ3n) is 4.90. The van der Waals surface area contributed by atoms with Crippen LogP contribution >= 0.6 is 12.4 Å². The van der Waals surface area contributed by atoms with Gasteiger partial charge in [0.05, 0.1) is 14.2 Å². The van der Waals surface area contributed by atoms with E-state index in [1.54, 1.807) is 14.2 Å². The van der Waals surface area contributed by atoms with Gasteiger partial charge < -0.3 is 15.2 Å². The molecule has 136 valence electrons. The average molecular weight is 363 g/mol. The van der Waals surface area contributed by atoms with E-state index in [2.05, 4.69) is 47.4 Å². The van der Waals surface area contributed by atoms with Gasteiger partial charge in [0, 0.05) is 25.6 Å². The Morgan fingerprint density at radius 2 is 1.72 bits per heavy atom. The van der Waals surface area contributed by atoms with Gasteiger partial charge in [-0.15, -0.1) is 12.4 Å². The molecule has 0 amide bonds. The zero-order chi connectivity index (χ0) is 16.9. The van der Waals surface area contributed by atoms with Crippen LogP contribution in [-0.4, -0.2) is 38.8 Å². The molecule has 2 aromatic carbocycles. The van der Waals surface area contributed by atoms with Gasteiger partial charge >= 0.3 is 0 Å². The van der Waals surface area contributed by atoms with Crippen LogP contribution in [0.15, 0.2) is 48.5 Å². The maximum absolute atomic E-state index is 6.04. The molecule has 2 N–H and O–H groups in total. The Morgan fingerprint density at radius 3 is 2.36 bits per heavy atom. The lowest BCUT2D eigenvalue weighted by atomic mass is 9.89. The fourth-order valence-electron chi connectivity index (χ4n) is 3.64. The van der Waals surface area contributed by atoms with Gasteiger partial charge in [-0.3, -0.25) is 4.90 Å². The number of ether oxygens (including phenoxy) is 2. The van der Waals surface area contributed by atoms with Crippen molar-refractivity contribution in [2.45, 2.75) is 12.5 Å². The molecule has 5 heteroatoms. The van der Waals surface area contributed by atoms with Crippen LogP contribution in [0, 0.1) is 5.92 Å². The highest BCUT2D eigenvalue weighted by Gasteiger charge is 2.32. The van der Waals surface area contributed by atoms with Crippen molar-refractivity contribution in [2.75, 3.05) is 33.9 Å². The number of hydrogen-bond donors (Lipinski definition) is 1. The van der Waals surface area contributed by atoms with Gasteiger partial charge in [0.1, 0.15) is 0 Å². The van der Waals surface area contributed by atoms with E-state index in [0.29, 0.717) is 11.8 Å². The second-order valence-corrected chi connectivity index (χ2v) is 6.40. The van der Waals surface area contributed by atoms with E-state index in [0.717, 1.165) is 37.7 Å². The highest BCUT2D eigenvalue weighted by molar-refractivity contribution is 5.85. The molecule has 1 heterocycles. The van der Waals surface area contributed by atoms with Crippen molar-refractivity contribution in [3.63, 3.8) is 0 Å². The van der Waals surface area contributed by atoms with Crippen molar-refractivity contribution in [1.82, 2.24) is 4.90 Å². The summed E-state index contributed by atoms with van der Waals surface area (Å²) in [6, 6.07) is 16.9. The lowest BCUT2D eigenvalue weighted by Crippen LogP contribution is -2.23. The van der Waals surface area contributed by atoms with Crippen LogP contribution in [0.25, 0.3) is 0 Å². The molecule has 0 spiro atoms. The molecule has 0 radical (unpaired) electrons. The minimum Gasteiger partial charge on any atom is -0.493 e. The van der Waals surface area contributed by atoms with Gasteiger partial charge in [-0.1, -0.05) is 36.4 Å². The second-order valence-electron chi connectivity index (χ2n) is 6.40. The zero-order valence-corrected chi connectivity index (χ0v) is 15.7. The van der Waals surface area contributed by atoms with Crippen LogP contribution < -0.4 is 15.2 Å². The summed E-state index contributed by atoms with van der Waals surface area (Å²) in [5.41, 5.74) is 8.66. The highest BCUT2D eigenvalue weighted by Crippen LogP contribution is 2.34. The molecule has 4 nitrogen and oxygen atoms in total. The first kappa shape index (κ1) is 19.6. The SMILES string of the molecule is COc1ccc(CN2C[C@@H](CN)[C@H](c3ccccc3)C2)cc1OC.Cl. The van der Waals surface area contributed by atoms with Crippen LogP contribution in [0.4, 0.5) is 0 Å². The van der Waals surface area contributed by atoms with Gasteiger partial charge in [0.2, 0.25) is 0 Å². The van der Waals surface area contributed by atoms with Crippen molar-refractivity contribution in [3.05, 3.63) is 59.7 Å². The summed E-state index contributed by atoms with van der Waals surface area (Å²) in [5, 5.41) is 0. The molecule has 1 aliphatic rings. The van der Waals surface area contributed by atoms with Gasteiger partial charge in [-0.2, -0.15) is 0 Å². The monoisotopic (exact) mass is 362 g/mol. The Bertz CT molecular complexity index is 666. The summed E-state index contributed by atoms with van der Waals surface area (Å²) in [6.07, 6.45) is 0. The van der Waals surface area contributed by atoms with Crippen LogP contribution in [0.2, 0.25) is 0 Å². The summed E-state index contributed by atoms with van der Waals surface area (Å²) in [6.45, 7) is 3.70. The van der Waals surface area contributed by atoms with Gasteiger partial charge in [0.15, 0.2) is 11.5 Å². The van der Waals surface area contributed by atoms with Crippen LogP contribution in [-0.2, 0) is 6.54 Å². The molecule has 1 saturated heterocycles. The summed E-state index contributed by atoms with van der Waals surface area (Å²) >= 11 is 0. The second kappa shape index (κ2) is 9.09. The summed E-state index contributed by atoms with van der Waals surface area (Å²) in [7, 11) is 3.33. The Balaban J connectivity index is 0.00000225. The van der Waals surface area contributed by atoms with E-state index in [4.69, 9.17) is 15.2 Å². The maximum atomic E-state index is 6.04. The molecular weight excluding hydrogens is 336 g/mol. The number of benzene rings is 2. The predicted octanol–water partition coefficient (Wildman–Crippen LogP) is 3.30. The zero-order valence-electron chi connectivity index (χ0n) is 14.9. The molecule has 0 saturated carbocycles. The smallest absolute Gasteiger partial charge is 0.161 e. The van der Waals surface area contributed by atoms with Crippen molar-refractivity contribution in [3.8, 4) is 11.5 Å². The van der Waals surface area contributed by atoms with E-state index in [1.165, 1.54) is 11.1 Å². The predicted molar refractivity (Wildman–Crippen MR) is 104 cm³/mol. The van der Waals surface area contributed by atoms with E-state index in [1.807, 2.05) is 6.07 Å². The average Bonchev–Trinajstić information content (AvgIpc) is 3.05. The lowest BCUT2D eigenvalue weighted by Gasteiger charge is -2.17. The lowest BCUT2D eigenvalue weighted by molar-refractivity contribution is 0.314. The fourth-order valence-corrected chi connectivity index (χ4v) is 3.64. The Hall–Kier alpha value is -1.75. The molecule has 0 bridgehead atoms. The molecular formula is C20H27ClN2O2. The highest BCUT2D eigenvalue weighted by atomic mass is 35.5. The third-order valence-corrected chi connectivity index (χ3v) is 4.90. The van der Waals surface area contributed by atoms with Gasteiger partial charge in [-0.25, -0.2) is 0 Å². The number of likely N-dealkylation sites (tertiary alicyclic amines) is 1. The molecule has 1 aliphatic heterocycles. The molecule has 25 heavy (non-hydrogen) atoms. The Labute approximate surface area is 156 Å². The summed E-state index contributed by atoms with van der Waals surface area (Å²) in [5.74, 6) is 2.57. The minimum atomic E-state index is 0. The van der Waals surface area contributed by atoms with Crippen LogP contribution in [0.3, 0.4) is 0 Å². The van der Waals surface area contributed by atoms with Crippen molar-refractivity contribution >= 4 is 12.4 Å². The molecule has 0 aromatic heterocycles. The van der Waals surface area contributed by atoms with E-state index >= 15 is 0 Å². The fraction of sp³-hybridized carbons (Fsp3) is 0.400. The molecule has 0 aliphatic carbocycles. The summed E-state index contributed by atoms with van der Waals surface area (Å²) < 4.78 is 10.7. The molecule has 2 aromatic rings. The molecule has 1 fully saturated rings. The number of methoxy groups -OCH3 is 2. The minimum absolute atomic E-state index is 0. The molecule has 3 rings (SSSR count). The summed E-state index contributed by atoms with van der Waals surface area (Å²) in [4.78, 5) is 2.48. The normalized spacial score (nSPS) is 20.1. The Kier molecular flexibility index (Phi) is 7.12. The Morgan fingerprint density at radius 1 is 1.00 bits per heavy atom. The first-order chi connectivity index (χ1) is 11.7. The number of nitrogens with zero attached hydrogens (tertiary/aromatic N) is 1. The molecule has 0 unspecified atom stereocenters. The van der Waals surface area contributed by atoms with Crippen LogP contribution in [0.5, 0.6) is 11.5 Å². The van der Waals surface area contributed by atoms with Crippen molar-refractivity contribution < 1.29 is 9.47 Å². The number of nitrogens with two attached hydrogens (primary N) is 1. The largest absolute Gasteiger partial charge is 0.493 e. The number of hydrogen-bond acceptors (Lipinski definition) is 4. The quantitative estimate of drug-likeness (QED) is 0.856. The van der Waals surface area contributed by atoms with Crippen molar-refractivity contribution in [1.29, 1.82) is 0 Å². The first-order valence-corrected chi connectivity index (χ1v) is 8.43. The van der Waals surface area contributed by atoms with Gasteiger partial charge in [0.25, 0.3) is 0 Å². The third kappa shape index (κ3) is 4.46. The number of rotatable bonds is 6. The topological polar surface area (TPSA) is 47.7 Å². The van der Waals surface area contributed by atoms with E-state index in [9.17, 15) is 0 Å². The van der Waals surface area contributed by atoms with E-state index < -0.39 is 0 Å². The van der Waals surface area contributed by atoms with Gasteiger partial charge in [-0.05, 0) is 35.7 Å². The molecule has 2 atom stereocenters. The van der Waals surface area contributed by atoms with Crippen LogP contribution in [0.1, 0.15) is 17.0 Å². The first-order valence-electron chi connectivity index (χ1n) is 8.43. The van der Waals surface area contributed by atoms with Crippen molar-refractivity contribution in [2.24, 2.45) is 11.7 Å². The number of halogens is 1.